The lowest BCUT2D eigenvalue weighted by atomic mass is 10.1. The van der Waals surface area contributed by atoms with Crippen LogP contribution in [0, 0.1) is 0 Å². The molecule has 1 rings (SSSR count). The number of hydrogen-bond donors (Lipinski definition) is 1. The van der Waals surface area contributed by atoms with E-state index in [0.29, 0.717) is 5.88 Å². The van der Waals surface area contributed by atoms with E-state index in [4.69, 9.17) is 9.47 Å². The number of ether oxygens (including phenoxy) is 2. The Morgan fingerprint density at radius 2 is 2.14 bits per heavy atom. The maximum Gasteiger partial charge on any atom is 0.407 e. The van der Waals surface area contributed by atoms with Crippen LogP contribution >= 0.6 is 0 Å². The van der Waals surface area contributed by atoms with Crippen LogP contribution in [0.1, 0.15) is 46.1 Å². The summed E-state index contributed by atoms with van der Waals surface area (Å²) in [5.41, 5.74) is 0.514. The molecule has 1 heterocycles. The van der Waals surface area contributed by atoms with E-state index in [2.05, 4.69) is 10.3 Å². The first-order chi connectivity index (χ1) is 10.3. The third-order valence-corrected chi connectivity index (χ3v) is 2.91. The minimum absolute atomic E-state index is 0.0531. The summed E-state index contributed by atoms with van der Waals surface area (Å²) in [7, 11) is 1.59. The Kier molecular flexibility index (Phi) is 6.89. The zero-order valence-corrected chi connectivity index (χ0v) is 14.1. The van der Waals surface area contributed by atoms with Crippen LogP contribution in [-0.4, -0.2) is 29.8 Å². The van der Waals surface area contributed by atoms with Gasteiger partial charge in [-0.15, -0.1) is 0 Å². The lowest BCUT2D eigenvalue weighted by Gasteiger charge is -2.22. The highest BCUT2D eigenvalue weighted by Gasteiger charge is 2.18. The highest BCUT2D eigenvalue weighted by molar-refractivity contribution is 5.68. The first-order valence-electron chi connectivity index (χ1n) is 7.50. The summed E-state index contributed by atoms with van der Waals surface area (Å²) in [6.07, 6.45) is 6.95. The number of aromatic nitrogens is 1. The summed E-state index contributed by atoms with van der Waals surface area (Å²) in [5, 5.41) is 2.88. The van der Waals surface area contributed by atoms with Crippen LogP contribution in [0.2, 0.25) is 0 Å². The average Bonchev–Trinajstić information content (AvgIpc) is 2.45. The molecule has 1 amide bonds. The summed E-state index contributed by atoms with van der Waals surface area (Å²) < 4.78 is 10.3. The molecule has 1 N–H and O–H groups in total. The van der Waals surface area contributed by atoms with Crippen LogP contribution in [0.3, 0.4) is 0 Å². The molecule has 0 radical (unpaired) electrons. The predicted molar refractivity (Wildman–Crippen MR) is 87.9 cm³/mol. The van der Waals surface area contributed by atoms with E-state index >= 15 is 0 Å². The van der Waals surface area contributed by atoms with Crippen molar-refractivity contribution in [2.45, 2.75) is 52.2 Å². The number of nitrogens with one attached hydrogen (secondary N) is 1. The van der Waals surface area contributed by atoms with Gasteiger partial charge in [0.2, 0.25) is 5.88 Å². The summed E-state index contributed by atoms with van der Waals surface area (Å²) in [4.78, 5) is 15.9. The normalized spacial score (nSPS) is 13.0. The fourth-order valence-electron chi connectivity index (χ4n) is 1.78. The predicted octanol–water partition coefficient (Wildman–Crippen LogP) is 3.80. The average molecular weight is 306 g/mol. The van der Waals surface area contributed by atoms with E-state index in [1.165, 1.54) is 0 Å². The van der Waals surface area contributed by atoms with Crippen molar-refractivity contribution >= 4 is 12.2 Å². The topological polar surface area (TPSA) is 60.5 Å². The van der Waals surface area contributed by atoms with E-state index < -0.39 is 5.60 Å². The van der Waals surface area contributed by atoms with Crippen molar-refractivity contribution in [2.75, 3.05) is 7.11 Å². The highest BCUT2D eigenvalue weighted by atomic mass is 16.6. The number of carbonyl (C=O) groups is 1. The third kappa shape index (κ3) is 7.11. The number of amides is 1. The van der Waals surface area contributed by atoms with Crippen LogP contribution in [0.15, 0.2) is 24.4 Å². The summed E-state index contributed by atoms with van der Waals surface area (Å²) in [6.45, 7) is 7.59. The third-order valence-electron chi connectivity index (χ3n) is 2.91. The Balaban J connectivity index is 2.48. The van der Waals surface area contributed by atoms with Gasteiger partial charge < -0.3 is 14.8 Å². The number of carbonyl (C=O) groups excluding carboxylic acids is 1. The minimum Gasteiger partial charge on any atom is -0.481 e. The van der Waals surface area contributed by atoms with Crippen molar-refractivity contribution in [3.8, 4) is 5.88 Å². The van der Waals surface area contributed by atoms with E-state index in [1.807, 2.05) is 52.0 Å². The van der Waals surface area contributed by atoms with Gasteiger partial charge in [-0.25, -0.2) is 9.78 Å². The Morgan fingerprint density at radius 1 is 1.41 bits per heavy atom. The Bertz CT molecular complexity index is 490. The quantitative estimate of drug-likeness (QED) is 0.868. The lowest BCUT2D eigenvalue weighted by molar-refractivity contribution is 0.0503. The molecule has 5 nitrogen and oxygen atoms in total. The zero-order valence-electron chi connectivity index (χ0n) is 14.1. The van der Waals surface area contributed by atoms with Gasteiger partial charge in [0.15, 0.2) is 0 Å². The van der Waals surface area contributed by atoms with Gasteiger partial charge in [0.05, 0.1) is 7.11 Å². The Hall–Kier alpha value is -2.04. The van der Waals surface area contributed by atoms with Crippen molar-refractivity contribution in [2.24, 2.45) is 0 Å². The number of nitrogens with zero attached hydrogens (tertiary/aromatic N) is 1. The van der Waals surface area contributed by atoms with E-state index in [1.54, 1.807) is 13.3 Å². The van der Waals surface area contributed by atoms with Gasteiger partial charge in [0.25, 0.3) is 0 Å². The van der Waals surface area contributed by atoms with Crippen LogP contribution in [-0.2, 0) is 4.74 Å². The maximum absolute atomic E-state index is 11.8. The molecule has 1 atom stereocenters. The number of rotatable bonds is 6. The smallest absolute Gasteiger partial charge is 0.407 e. The molecule has 0 saturated heterocycles. The molecule has 0 bridgehead atoms. The minimum atomic E-state index is -0.479. The number of methoxy groups -OCH3 is 1. The molecule has 0 spiro atoms. The van der Waals surface area contributed by atoms with Gasteiger partial charge in [-0.3, -0.25) is 0 Å². The van der Waals surface area contributed by atoms with Crippen LogP contribution in [0.5, 0.6) is 5.88 Å². The first kappa shape index (κ1) is 18.0. The summed E-state index contributed by atoms with van der Waals surface area (Å²) in [5.74, 6) is 0.593. The van der Waals surface area contributed by atoms with Crippen molar-refractivity contribution in [1.82, 2.24) is 10.3 Å². The number of pyridine rings is 1. The molecule has 0 fully saturated rings. The van der Waals surface area contributed by atoms with Crippen molar-refractivity contribution < 1.29 is 14.3 Å². The summed E-state index contributed by atoms with van der Waals surface area (Å²) >= 11 is 0. The van der Waals surface area contributed by atoms with E-state index in [-0.39, 0.29) is 12.1 Å². The van der Waals surface area contributed by atoms with Gasteiger partial charge in [0.1, 0.15) is 5.60 Å². The molecule has 0 aromatic carbocycles. The maximum atomic E-state index is 11.8. The molecule has 22 heavy (non-hydrogen) atoms. The largest absolute Gasteiger partial charge is 0.481 e. The van der Waals surface area contributed by atoms with Gasteiger partial charge in [-0.2, -0.15) is 0 Å². The lowest BCUT2D eigenvalue weighted by Crippen LogP contribution is -2.38. The van der Waals surface area contributed by atoms with Gasteiger partial charge >= 0.3 is 6.09 Å². The first-order valence-corrected chi connectivity index (χ1v) is 7.50. The number of alkyl carbamates (subject to hydrolysis) is 1. The van der Waals surface area contributed by atoms with E-state index in [0.717, 1.165) is 18.4 Å². The Labute approximate surface area is 132 Å². The van der Waals surface area contributed by atoms with Gasteiger partial charge in [-0.05, 0) is 45.2 Å². The molecule has 5 heteroatoms. The second-order valence-electron chi connectivity index (χ2n) is 6.02. The molecule has 1 aromatic rings. The van der Waals surface area contributed by atoms with Crippen molar-refractivity contribution in [1.29, 1.82) is 0 Å². The van der Waals surface area contributed by atoms with E-state index in [9.17, 15) is 4.79 Å². The fourth-order valence-corrected chi connectivity index (χ4v) is 1.78. The molecule has 0 aliphatic rings. The molecular weight excluding hydrogens is 280 g/mol. The fraction of sp³-hybridized carbons (Fsp3) is 0.529. The van der Waals surface area contributed by atoms with Crippen LogP contribution in [0.25, 0.3) is 6.08 Å². The second-order valence-corrected chi connectivity index (χ2v) is 6.02. The zero-order chi connectivity index (χ0) is 16.6. The van der Waals surface area contributed by atoms with Gasteiger partial charge in [-0.1, -0.05) is 19.1 Å². The summed E-state index contributed by atoms with van der Waals surface area (Å²) in [6, 6.07) is 3.80. The monoisotopic (exact) mass is 306 g/mol. The molecular formula is C17H26N2O3. The number of hydrogen-bond acceptors (Lipinski definition) is 4. The van der Waals surface area contributed by atoms with Crippen LogP contribution < -0.4 is 10.1 Å². The van der Waals surface area contributed by atoms with Crippen LogP contribution in [0.4, 0.5) is 4.79 Å². The molecule has 0 aliphatic heterocycles. The highest BCUT2D eigenvalue weighted by Crippen LogP contribution is 2.10. The van der Waals surface area contributed by atoms with Crippen molar-refractivity contribution in [3.63, 3.8) is 0 Å². The molecule has 0 aliphatic carbocycles. The second kappa shape index (κ2) is 8.41. The SMILES string of the molecule is CCC(CC=Cc1ccc(OC)nc1)NC(=O)OC(C)(C)C. The molecule has 1 unspecified atom stereocenters. The molecule has 1 aromatic heterocycles. The molecule has 0 saturated carbocycles. The standard InChI is InChI=1S/C17H26N2O3/c1-6-14(19-16(20)22-17(2,3)4)9-7-8-13-10-11-15(21-5)18-12-13/h7-8,10-12,14H,6,9H2,1-5H3,(H,19,20). The van der Waals surface area contributed by atoms with Crippen molar-refractivity contribution in [3.05, 3.63) is 30.0 Å². The Morgan fingerprint density at radius 3 is 2.64 bits per heavy atom. The van der Waals surface area contributed by atoms with Gasteiger partial charge in [0, 0.05) is 18.3 Å². The molecule has 122 valence electrons.